The van der Waals surface area contributed by atoms with Gasteiger partial charge in [0.25, 0.3) is 0 Å². The number of aliphatic hydroxyl groups excluding tert-OH is 3. The molecular formula is C45H85O19P3. The lowest BCUT2D eigenvalue weighted by Crippen LogP contribution is -2.65. The van der Waals surface area contributed by atoms with Gasteiger partial charge in [-0.05, 0) is 64.2 Å². The van der Waals surface area contributed by atoms with Crippen molar-refractivity contribution in [1.82, 2.24) is 0 Å². The Bertz CT molecular complexity index is 1470. The molecule has 19 nitrogen and oxygen atoms in total. The average Bonchev–Trinajstić information content (AvgIpc) is 3.25. The van der Waals surface area contributed by atoms with E-state index in [-0.39, 0.29) is 12.8 Å². The first-order chi connectivity index (χ1) is 31.8. The van der Waals surface area contributed by atoms with E-state index in [1.165, 1.54) is 77.0 Å². The van der Waals surface area contributed by atoms with Crippen LogP contribution in [0.2, 0.25) is 0 Å². The van der Waals surface area contributed by atoms with Gasteiger partial charge in [0.1, 0.15) is 43.2 Å². The van der Waals surface area contributed by atoms with Crippen molar-refractivity contribution in [2.75, 3.05) is 13.2 Å². The van der Waals surface area contributed by atoms with Gasteiger partial charge in [0.05, 0.1) is 6.61 Å². The van der Waals surface area contributed by atoms with Crippen molar-refractivity contribution in [3.05, 3.63) is 24.3 Å². The molecular weight excluding hydrogens is 937 g/mol. The Labute approximate surface area is 398 Å². The lowest BCUT2D eigenvalue weighted by Gasteiger charge is -2.44. The summed E-state index contributed by atoms with van der Waals surface area (Å²) in [5.74, 6) is -1.33. The zero-order valence-corrected chi connectivity index (χ0v) is 42.7. The second-order valence-corrected chi connectivity index (χ2v) is 21.2. The maximum atomic E-state index is 13.1. The van der Waals surface area contributed by atoms with E-state index in [1.807, 2.05) is 0 Å². The highest BCUT2D eigenvalue weighted by Gasteiger charge is 2.56. The molecule has 0 spiro atoms. The molecule has 3 unspecified atom stereocenters. The molecule has 0 aliphatic heterocycles. The molecule has 394 valence electrons. The van der Waals surface area contributed by atoms with Gasteiger partial charge in [-0.25, -0.2) is 13.7 Å². The number of ether oxygens (including phenoxy) is 2. The fourth-order valence-corrected chi connectivity index (χ4v) is 9.62. The van der Waals surface area contributed by atoms with Gasteiger partial charge in [0.15, 0.2) is 6.10 Å². The van der Waals surface area contributed by atoms with Gasteiger partial charge >= 0.3 is 35.4 Å². The number of carbonyl (C=O) groups is 2. The average molecular weight is 1020 g/mol. The molecule has 1 aliphatic carbocycles. The fraction of sp³-hybridized carbons (Fsp3) is 0.867. The number of carbonyl (C=O) groups excluding carboxylic acids is 2. The Hall–Kier alpha value is -1.37. The summed E-state index contributed by atoms with van der Waals surface area (Å²) in [5.41, 5.74) is 0. The zero-order valence-electron chi connectivity index (χ0n) is 40.0. The minimum absolute atomic E-state index is 0.0183. The summed E-state index contributed by atoms with van der Waals surface area (Å²) in [6.45, 7) is 2.90. The van der Waals surface area contributed by atoms with Crippen LogP contribution in [-0.2, 0) is 50.9 Å². The van der Waals surface area contributed by atoms with Crippen molar-refractivity contribution in [3.63, 3.8) is 0 Å². The SMILES string of the molecule is CCCCCCCC/C=C\CCCCCCCC(=O)OC[C@H](COP(=O)(O)OC1[C@H](O)[C@H](OP(=O)(O)O)C(O)[C@H](OP(=O)(O)O)[C@H]1O)OC(=O)CCCCCCC/C=C\CCCCCCCC. The van der Waals surface area contributed by atoms with E-state index in [4.69, 9.17) is 18.5 Å². The van der Waals surface area contributed by atoms with E-state index >= 15 is 0 Å². The van der Waals surface area contributed by atoms with Crippen LogP contribution in [0.15, 0.2) is 24.3 Å². The number of phosphoric ester groups is 3. The lowest BCUT2D eigenvalue weighted by atomic mass is 9.85. The van der Waals surface area contributed by atoms with E-state index in [1.54, 1.807) is 0 Å². The van der Waals surface area contributed by atoms with Crippen molar-refractivity contribution in [3.8, 4) is 0 Å². The van der Waals surface area contributed by atoms with E-state index in [2.05, 4.69) is 47.2 Å². The topological polar surface area (TPSA) is 303 Å². The molecule has 1 aliphatic rings. The number of esters is 2. The largest absolute Gasteiger partial charge is 0.472 e. The highest BCUT2D eigenvalue weighted by molar-refractivity contribution is 7.47. The van der Waals surface area contributed by atoms with Crippen molar-refractivity contribution in [1.29, 1.82) is 0 Å². The smallest absolute Gasteiger partial charge is 0.462 e. The highest BCUT2D eigenvalue weighted by atomic mass is 31.2. The first kappa shape index (κ1) is 63.6. The van der Waals surface area contributed by atoms with Crippen LogP contribution in [0.4, 0.5) is 0 Å². The molecule has 67 heavy (non-hydrogen) atoms. The third-order valence-electron chi connectivity index (χ3n) is 11.2. The summed E-state index contributed by atoms with van der Waals surface area (Å²) in [4.78, 5) is 73.3. The van der Waals surface area contributed by atoms with E-state index in [9.17, 15) is 63.1 Å². The Morgan fingerprint density at radius 1 is 0.463 bits per heavy atom. The Morgan fingerprint density at radius 2 is 0.791 bits per heavy atom. The number of aliphatic hydroxyl groups is 3. The molecule has 0 amide bonds. The van der Waals surface area contributed by atoms with Crippen LogP contribution in [-0.4, -0.2) is 108 Å². The van der Waals surface area contributed by atoms with Crippen molar-refractivity contribution < 1.29 is 90.6 Å². The standard InChI is InChI=1S/C45H85O19P3/c1-3-5-7-9-11-13-15-17-19-21-23-25-27-29-31-33-38(46)59-35-37(61-39(47)34-32-30-28-26-24-22-20-18-16-14-12-10-8-6-4-2)36-60-67(57,58)64-45-41(49)43(62-65(51,52)53)40(48)44(42(45)50)63-66(54,55)56/h17-20,37,40-45,48-50H,3-16,21-36H2,1-2H3,(H,57,58)(H2,51,52,53)(H2,54,55,56)/b19-17-,20-18-/t37-,40?,41-,42-,43-,44+,45?/m1/s1. The molecule has 0 aromatic carbocycles. The molecule has 1 saturated carbocycles. The van der Waals surface area contributed by atoms with Crippen LogP contribution in [0.1, 0.15) is 194 Å². The van der Waals surface area contributed by atoms with Gasteiger partial charge in [0.2, 0.25) is 0 Å². The first-order valence-electron chi connectivity index (χ1n) is 24.6. The highest BCUT2D eigenvalue weighted by Crippen LogP contribution is 2.51. The molecule has 1 fully saturated rings. The molecule has 8 N–H and O–H groups in total. The number of phosphoric acid groups is 3. The van der Waals surface area contributed by atoms with Crippen LogP contribution in [0.5, 0.6) is 0 Å². The summed E-state index contributed by atoms with van der Waals surface area (Å²) >= 11 is 0. The number of hydrogen-bond acceptors (Lipinski definition) is 14. The predicted octanol–water partition coefficient (Wildman–Crippen LogP) is 9.07. The molecule has 8 atom stereocenters. The molecule has 0 aromatic rings. The number of hydrogen-bond donors (Lipinski definition) is 8. The molecule has 0 bridgehead atoms. The third-order valence-corrected chi connectivity index (χ3v) is 13.3. The number of rotatable bonds is 42. The molecule has 0 aromatic heterocycles. The summed E-state index contributed by atoms with van der Waals surface area (Å²) in [7, 11) is -16.6. The summed E-state index contributed by atoms with van der Waals surface area (Å²) in [6, 6.07) is 0. The monoisotopic (exact) mass is 1020 g/mol. The van der Waals surface area contributed by atoms with Crippen LogP contribution < -0.4 is 0 Å². The van der Waals surface area contributed by atoms with Crippen LogP contribution in [0.25, 0.3) is 0 Å². The minimum atomic E-state index is -5.55. The molecule has 22 heteroatoms. The van der Waals surface area contributed by atoms with Crippen LogP contribution in [0.3, 0.4) is 0 Å². The maximum absolute atomic E-state index is 13.1. The maximum Gasteiger partial charge on any atom is 0.472 e. The van der Waals surface area contributed by atoms with Crippen LogP contribution >= 0.6 is 23.5 Å². The van der Waals surface area contributed by atoms with Crippen molar-refractivity contribution in [2.45, 2.75) is 236 Å². The lowest BCUT2D eigenvalue weighted by molar-refractivity contribution is -0.213. The minimum Gasteiger partial charge on any atom is -0.462 e. The predicted molar refractivity (Wildman–Crippen MR) is 252 cm³/mol. The third kappa shape index (κ3) is 33.8. The summed E-state index contributed by atoms with van der Waals surface area (Å²) in [6.07, 6.45) is 20.4. The zero-order chi connectivity index (χ0) is 50.0. The Kier molecular flexibility index (Phi) is 35.5. The summed E-state index contributed by atoms with van der Waals surface area (Å²) in [5, 5.41) is 31.9. The normalized spacial score (nSPS) is 21.8. The van der Waals surface area contributed by atoms with Gasteiger partial charge in [-0.3, -0.25) is 27.7 Å². The van der Waals surface area contributed by atoms with E-state index in [0.29, 0.717) is 12.8 Å². The van der Waals surface area contributed by atoms with Crippen molar-refractivity contribution in [2.24, 2.45) is 0 Å². The van der Waals surface area contributed by atoms with Gasteiger partial charge in [0, 0.05) is 12.8 Å². The van der Waals surface area contributed by atoms with Crippen molar-refractivity contribution >= 4 is 35.4 Å². The summed E-state index contributed by atoms with van der Waals surface area (Å²) < 4.78 is 65.6. The van der Waals surface area contributed by atoms with E-state index < -0.39 is 91.3 Å². The Morgan fingerprint density at radius 3 is 1.16 bits per heavy atom. The van der Waals surface area contributed by atoms with Gasteiger partial charge in [-0.1, -0.05) is 141 Å². The van der Waals surface area contributed by atoms with Crippen LogP contribution in [0, 0.1) is 0 Å². The second kappa shape index (κ2) is 37.4. The number of allylic oxidation sites excluding steroid dienone is 4. The van der Waals surface area contributed by atoms with E-state index in [0.717, 1.165) is 77.0 Å². The van der Waals surface area contributed by atoms with Gasteiger partial charge < -0.3 is 49.3 Å². The molecule has 1 rings (SSSR count). The first-order valence-corrected chi connectivity index (χ1v) is 29.2. The Balaban J connectivity index is 2.74. The van der Waals surface area contributed by atoms with Gasteiger partial charge in [-0.15, -0.1) is 0 Å². The fourth-order valence-electron chi connectivity index (χ4n) is 7.52. The second-order valence-electron chi connectivity index (χ2n) is 17.4. The molecule has 0 heterocycles. The number of unbranched alkanes of at least 4 members (excludes halogenated alkanes) is 22. The molecule has 0 radical (unpaired) electrons. The van der Waals surface area contributed by atoms with Gasteiger partial charge in [-0.2, -0.15) is 0 Å². The quantitative estimate of drug-likeness (QED) is 0.0122. The molecule has 0 saturated heterocycles.